The maximum atomic E-state index is 11.3. The minimum atomic E-state index is 0.0465. The third-order valence-electron chi connectivity index (χ3n) is 7.02. The number of para-hydroxylation sites is 1. The van der Waals surface area contributed by atoms with Crippen LogP contribution in [0.5, 0.6) is 17.2 Å². The van der Waals surface area contributed by atoms with Crippen molar-refractivity contribution in [2.75, 3.05) is 18.8 Å². The molecule has 3 aromatic carbocycles. The summed E-state index contributed by atoms with van der Waals surface area (Å²) in [5.74, 6) is 2.25. The van der Waals surface area contributed by atoms with E-state index in [-0.39, 0.29) is 6.04 Å². The van der Waals surface area contributed by atoms with E-state index >= 15 is 0 Å². The smallest absolute Gasteiger partial charge is 0.209 e. The van der Waals surface area contributed by atoms with Crippen molar-refractivity contribution in [2.45, 2.75) is 38.6 Å². The summed E-state index contributed by atoms with van der Waals surface area (Å²) in [6.07, 6.45) is 6.45. The molecule has 3 heterocycles. The average molecular weight is 551 g/mol. The molecule has 0 saturated carbocycles. The summed E-state index contributed by atoms with van der Waals surface area (Å²) in [5.41, 5.74) is 9.83. The summed E-state index contributed by atoms with van der Waals surface area (Å²) in [6, 6.07) is 24.8. The molecular weight excluding hydrogens is 516 g/mol. The molecule has 0 spiro atoms. The van der Waals surface area contributed by atoms with Gasteiger partial charge in [0.25, 0.3) is 0 Å². The SMILES string of the molecule is CCCc1ccc(O)cc1.Nc1ncnc2c1c(-c1ccc(Oc3ccccc3)cc1)nn2C1CCCN(C=O)C1. The van der Waals surface area contributed by atoms with Gasteiger partial charge >= 0.3 is 0 Å². The third-order valence-corrected chi connectivity index (χ3v) is 7.02. The maximum Gasteiger partial charge on any atom is 0.209 e. The highest BCUT2D eigenvalue weighted by Gasteiger charge is 2.26. The van der Waals surface area contributed by atoms with E-state index in [0.29, 0.717) is 23.8 Å². The van der Waals surface area contributed by atoms with E-state index in [1.54, 1.807) is 17.0 Å². The number of carbonyl (C=O) groups excluding carboxylic acids is 1. The summed E-state index contributed by atoms with van der Waals surface area (Å²) < 4.78 is 7.79. The number of nitrogens with two attached hydrogens (primary N) is 1. The first kappa shape index (κ1) is 27.6. The monoisotopic (exact) mass is 550 g/mol. The number of aryl methyl sites for hydroxylation is 1. The van der Waals surface area contributed by atoms with E-state index in [9.17, 15) is 4.79 Å². The number of ether oxygens (including phenoxy) is 1. The Morgan fingerprint density at radius 3 is 2.44 bits per heavy atom. The van der Waals surface area contributed by atoms with Gasteiger partial charge in [-0.1, -0.05) is 43.7 Å². The van der Waals surface area contributed by atoms with Gasteiger partial charge in [-0.25, -0.2) is 14.6 Å². The summed E-state index contributed by atoms with van der Waals surface area (Å²) in [6.45, 7) is 3.52. The number of fused-ring (bicyclic) bond motifs is 1. The minimum Gasteiger partial charge on any atom is -0.508 e. The zero-order valence-electron chi connectivity index (χ0n) is 23.1. The second-order valence-corrected chi connectivity index (χ2v) is 10.0. The topological polar surface area (TPSA) is 119 Å². The standard InChI is InChI=1S/C23H22N6O2.C9H12O/c24-22-20-21(16-8-10-19(11-9-16)31-18-6-2-1-3-7-18)27-29(23(20)26-14-25-22)17-5-4-12-28(13-17)15-30;1-2-3-8-4-6-9(10)7-5-8/h1-3,6-11,14-15,17H,4-5,12-13H2,(H2,24,25,26);4-7,10H,2-3H2,1H3. The molecule has 41 heavy (non-hydrogen) atoms. The molecule has 2 aromatic heterocycles. The van der Waals surface area contributed by atoms with Gasteiger partial charge in [-0.2, -0.15) is 5.10 Å². The van der Waals surface area contributed by atoms with Crippen molar-refractivity contribution in [1.82, 2.24) is 24.6 Å². The van der Waals surface area contributed by atoms with Crippen LogP contribution in [0.25, 0.3) is 22.3 Å². The largest absolute Gasteiger partial charge is 0.508 e. The second-order valence-electron chi connectivity index (χ2n) is 10.0. The maximum absolute atomic E-state index is 11.3. The number of hydrogen-bond acceptors (Lipinski definition) is 7. The second kappa shape index (κ2) is 13.0. The summed E-state index contributed by atoms with van der Waals surface area (Å²) >= 11 is 0. The number of carbonyl (C=O) groups is 1. The quantitative estimate of drug-likeness (QED) is 0.238. The number of piperidine rings is 1. The first-order valence-electron chi connectivity index (χ1n) is 13.8. The van der Waals surface area contributed by atoms with Crippen molar-refractivity contribution >= 4 is 23.3 Å². The number of anilines is 1. The lowest BCUT2D eigenvalue weighted by atomic mass is 10.1. The van der Waals surface area contributed by atoms with Gasteiger partial charge in [0.1, 0.15) is 35.1 Å². The number of aromatic hydroxyl groups is 1. The zero-order valence-corrected chi connectivity index (χ0v) is 23.1. The molecule has 0 bridgehead atoms. The number of benzene rings is 3. The highest BCUT2D eigenvalue weighted by Crippen LogP contribution is 2.34. The Kier molecular flexibility index (Phi) is 8.73. The Hall–Kier alpha value is -4.92. The summed E-state index contributed by atoms with van der Waals surface area (Å²) in [7, 11) is 0. The Bertz CT molecular complexity index is 1570. The van der Waals surface area contributed by atoms with Gasteiger partial charge in [0, 0.05) is 18.7 Å². The molecule has 1 amide bonds. The normalized spacial score (nSPS) is 14.8. The minimum absolute atomic E-state index is 0.0465. The lowest BCUT2D eigenvalue weighted by Gasteiger charge is -2.30. The number of aromatic nitrogens is 4. The molecule has 1 atom stereocenters. The fourth-order valence-electron chi connectivity index (χ4n) is 4.99. The van der Waals surface area contributed by atoms with E-state index < -0.39 is 0 Å². The molecule has 5 aromatic rings. The van der Waals surface area contributed by atoms with Gasteiger partial charge in [0.2, 0.25) is 6.41 Å². The Labute approximate surface area is 239 Å². The van der Waals surface area contributed by atoms with Crippen LogP contribution in [-0.4, -0.2) is 49.3 Å². The van der Waals surface area contributed by atoms with Gasteiger partial charge < -0.3 is 20.5 Å². The number of amides is 1. The fraction of sp³-hybridized carbons (Fsp3) is 0.250. The molecule has 9 heteroatoms. The number of likely N-dealkylation sites (tertiary alicyclic amines) is 1. The number of phenols is 1. The van der Waals surface area contributed by atoms with E-state index in [1.165, 1.54) is 11.9 Å². The zero-order chi connectivity index (χ0) is 28.6. The number of rotatable bonds is 7. The third kappa shape index (κ3) is 6.63. The van der Waals surface area contributed by atoms with Crippen LogP contribution in [0.15, 0.2) is 85.2 Å². The number of phenolic OH excluding ortho intramolecular Hbond substituents is 1. The lowest BCUT2D eigenvalue weighted by Crippen LogP contribution is -2.36. The van der Waals surface area contributed by atoms with Crippen molar-refractivity contribution < 1.29 is 14.6 Å². The Morgan fingerprint density at radius 1 is 1.00 bits per heavy atom. The van der Waals surface area contributed by atoms with Gasteiger partial charge in [-0.15, -0.1) is 0 Å². The molecule has 1 aliphatic heterocycles. The van der Waals surface area contributed by atoms with Crippen LogP contribution < -0.4 is 10.5 Å². The fourth-order valence-corrected chi connectivity index (χ4v) is 4.99. The first-order chi connectivity index (χ1) is 20.1. The van der Waals surface area contributed by atoms with Crippen molar-refractivity contribution in [3.8, 4) is 28.5 Å². The molecule has 210 valence electrons. The van der Waals surface area contributed by atoms with Crippen molar-refractivity contribution in [2.24, 2.45) is 0 Å². The van der Waals surface area contributed by atoms with Gasteiger partial charge in [-0.3, -0.25) is 4.79 Å². The molecule has 1 aliphatic rings. The predicted octanol–water partition coefficient (Wildman–Crippen LogP) is 6.01. The van der Waals surface area contributed by atoms with Crippen molar-refractivity contribution in [3.63, 3.8) is 0 Å². The molecule has 1 fully saturated rings. The molecule has 9 nitrogen and oxygen atoms in total. The van der Waals surface area contributed by atoms with Crippen LogP contribution in [0.1, 0.15) is 37.8 Å². The highest BCUT2D eigenvalue weighted by molar-refractivity contribution is 5.98. The van der Waals surface area contributed by atoms with Crippen LogP contribution >= 0.6 is 0 Å². The molecular formula is C32H34N6O3. The van der Waals surface area contributed by atoms with Crippen LogP contribution in [0.2, 0.25) is 0 Å². The molecule has 0 aliphatic carbocycles. The molecule has 0 radical (unpaired) electrons. The van der Waals surface area contributed by atoms with E-state index in [2.05, 4.69) is 16.9 Å². The molecule has 1 saturated heterocycles. The number of nitrogen functional groups attached to an aromatic ring is 1. The van der Waals surface area contributed by atoms with Gasteiger partial charge in [0.15, 0.2) is 5.65 Å². The molecule has 3 N–H and O–H groups in total. The van der Waals surface area contributed by atoms with E-state index in [0.717, 1.165) is 66.8 Å². The Morgan fingerprint density at radius 2 is 1.73 bits per heavy atom. The van der Waals surface area contributed by atoms with Crippen LogP contribution in [-0.2, 0) is 11.2 Å². The number of nitrogens with zero attached hydrogens (tertiary/aromatic N) is 5. The van der Waals surface area contributed by atoms with Crippen LogP contribution in [0.4, 0.5) is 5.82 Å². The van der Waals surface area contributed by atoms with Crippen LogP contribution in [0.3, 0.4) is 0 Å². The van der Waals surface area contributed by atoms with Crippen LogP contribution in [0, 0.1) is 0 Å². The summed E-state index contributed by atoms with van der Waals surface area (Å²) in [4.78, 5) is 21.7. The van der Waals surface area contributed by atoms with Crippen molar-refractivity contribution in [1.29, 1.82) is 0 Å². The van der Waals surface area contributed by atoms with Gasteiger partial charge in [0.05, 0.1) is 11.4 Å². The summed E-state index contributed by atoms with van der Waals surface area (Å²) in [5, 5.41) is 14.5. The molecule has 6 rings (SSSR count). The van der Waals surface area contributed by atoms with E-state index in [4.69, 9.17) is 20.7 Å². The highest BCUT2D eigenvalue weighted by atomic mass is 16.5. The average Bonchev–Trinajstić information content (AvgIpc) is 3.41. The van der Waals surface area contributed by atoms with Gasteiger partial charge in [-0.05, 0) is 73.4 Å². The number of hydrogen-bond donors (Lipinski definition) is 2. The van der Waals surface area contributed by atoms with Crippen molar-refractivity contribution in [3.05, 3.63) is 90.8 Å². The van der Waals surface area contributed by atoms with E-state index in [1.807, 2.05) is 71.4 Å². The molecule has 1 unspecified atom stereocenters. The Balaban J connectivity index is 0.000000287. The lowest BCUT2D eigenvalue weighted by molar-refractivity contribution is -0.119. The predicted molar refractivity (Wildman–Crippen MR) is 160 cm³/mol. The first-order valence-corrected chi connectivity index (χ1v) is 13.8.